The van der Waals surface area contributed by atoms with E-state index in [0.717, 1.165) is 4.90 Å². The molecule has 0 saturated carbocycles. The highest BCUT2D eigenvalue weighted by atomic mass is 32.2. The summed E-state index contributed by atoms with van der Waals surface area (Å²) >= 11 is 1.49. The Bertz CT molecular complexity index is 3410. The van der Waals surface area contributed by atoms with Gasteiger partial charge in [0.2, 0.25) is 47.3 Å². The Morgan fingerprint density at radius 3 is 2.25 bits per heavy atom. The highest BCUT2D eigenvalue weighted by Gasteiger charge is 2.45. The predicted octanol–water partition coefficient (Wildman–Crippen LogP) is -3.05. The van der Waals surface area contributed by atoms with Gasteiger partial charge in [0.25, 0.3) is 0 Å². The number of nitrogens with two attached hydrogens (primary N) is 1. The Kier molecular flexibility index (Phi) is 33.2. The van der Waals surface area contributed by atoms with E-state index in [9.17, 15) is 68.1 Å². The molecule has 12 atom stereocenters. The van der Waals surface area contributed by atoms with Crippen molar-refractivity contribution in [1.29, 1.82) is 0 Å². The van der Waals surface area contributed by atoms with Crippen LogP contribution in [0.15, 0.2) is 23.4 Å². The van der Waals surface area contributed by atoms with Crippen molar-refractivity contribution >= 4 is 104 Å². The van der Waals surface area contributed by atoms with E-state index in [2.05, 4.69) is 57.8 Å². The fraction of sp³-hybridized carbons (Fsp3) is 0.656. The molecular formula is C64H96N14O21S2. The maximum absolute atomic E-state index is 15.4. The van der Waals surface area contributed by atoms with Gasteiger partial charge >= 0.3 is 12.0 Å². The summed E-state index contributed by atoms with van der Waals surface area (Å²) in [5.41, 5.74) is 7.22. The van der Waals surface area contributed by atoms with Crippen LogP contribution in [0, 0.1) is 29.6 Å². The monoisotopic (exact) mass is 1460 g/mol. The summed E-state index contributed by atoms with van der Waals surface area (Å²) in [4.78, 5) is 167. The minimum absolute atomic E-state index is 0.0965. The normalized spacial score (nSPS) is 22.7. The highest BCUT2D eigenvalue weighted by Crippen LogP contribution is 2.37. The van der Waals surface area contributed by atoms with Crippen LogP contribution in [0.3, 0.4) is 0 Å². The maximum Gasteiger partial charge on any atom is 0.314 e. The second-order valence-electron chi connectivity index (χ2n) is 25.2. The topological polar surface area (TPSA) is 512 Å². The van der Waals surface area contributed by atoms with Crippen molar-refractivity contribution in [3.63, 3.8) is 0 Å². The number of primary amides is 1. The summed E-state index contributed by atoms with van der Waals surface area (Å²) in [6.45, 7) is 6.36. The number of unbranched alkanes of at least 4 members (excludes halogenated alkanes) is 1. The number of methoxy groups -OCH3 is 1. The molecule has 2 unspecified atom stereocenters. The van der Waals surface area contributed by atoms with Gasteiger partial charge < -0.3 is 97.5 Å². The number of H-pyrrole nitrogens is 1. The van der Waals surface area contributed by atoms with Gasteiger partial charge in [-0.1, -0.05) is 39.3 Å². The average Bonchev–Trinajstić information content (AvgIpc) is 1.62. The van der Waals surface area contributed by atoms with Gasteiger partial charge in [0.15, 0.2) is 11.6 Å². The lowest BCUT2D eigenvalue weighted by atomic mass is 9.85. The number of Topliss-reactive ketones (excluding diaryl/α,β-unsaturated/α-hetero) is 2. The molecule has 101 heavy (non-hydrogen) atoms. The molecule has 1 saturated heterocycles. The molecule has 0 spiro atoms. The number of ketones is 2. The van der Waals surface area contributed by atoms with Crippen molar-refractivity contribution in [2.75, 3.05) is 97.6 Å². The van der Waals surface area contributed by atoms with Crippen LogP contribution in [-0.4, -0.2) is 254 Å². The molecule has 3 aliphatic rings. The van der Waals surface area contributed by atoms with Crippen LogP contribution < -0.4 is 53.0 Å². The lowest BCUT2D eigenvalue weighted by Gasteiger charge is -2.32. The van der Waals surface area contributed by atoms with Crippen molar-refractivity contribution in [1.82, 2.24) is 67.4 Å². The van der Waals surface area contributed by atoms with Gasteiger partial charge in [0.05, 0.1) is 138 Å². The molecule has 0 aliphatic carbocycles. The molecular weight excluding hydrogens is 1360 g/mol. The molecule has 1 aromatic carbocycles. The molecule has 10 amide bonds. The number of aromatic amines is 1. The van der Waals surface area contributed by atoms with Crippen LogP contribution in [0.4, 0.5) is 4.79 Å². The molecule has 35 nitrogen and oxygen atoms in total. The summed E-state index contributed by atoms with van der Waals surface area (Å²) < 4.78 is 39.5. The zero-order valence-corrected chi connectivity index (χ0v) is 59.0. The van der Waals surface area contributed by atoms with E-state index in [4.69, 9.17) is 29.8 Å². The van der Waals surface area contributed by atoms with Gasteiger partial charge in [-0.25, -0.2) is 9.48 Å². The molecule has 6 rings (SSSR count). The molecule has 1 fully saturated rings. The van der Waals surface area contributed by atoms with Crippen LogP contribution in [0.25, 0.3) is 10.9 Å². The fourth-order valence-electron chi connectivity index (χ4n) is 11.6. The number of hydrogen-bond acceptors (Lipinski definition) is 23. The SMILES string of the molecule is CC[C@H](C)[C@@H]1CC(=O)CNC(=O)[C@H]2CC(=O)[C@H]([C@@H](C)[C@@H](O)CO)NC(=O)[C@@H]3C[C@@H](O)CN3C(=O)[C@H](CC(N)=O)NC(=O)[C@H](CS(=O)c3[nH]c4c(CSCCCCNC(=O)NCCOCCOCCOCCn5cc(CNC(=O)CC(C)C(=O)O)nn5)c(OC)ccc4c3C2)NC(=O)CNC1=O. The Hall–Kier alpha value is -8.20. The number of urea groups is 1. The van der Waals surface area contributed by atoms with Crippen molar-refractivity contribution in [2.45, 2.75) is 146 Å². The number of rotatable bonds is 32. The number of aliphatic hydroxyl groups excluding tert-OH is 3. The number of hydrogen-bond donors (Lipinski definition) is 14. The van der Waals surface area contributed by atoms with Crippen LogP contribution in [0.2, 0.25) is 0 Å². The number of amides is 10. The number of benzene rings is 1. The van der Waals surface area contributed by atoms with Crippen LogP contribution >= 0.6 is 11.8 Å². The minimum Gasteiger partial charge on any atom is -0.496 e. The average molecular weight is 1460 g/mol. The Labute approximate surface area is 589 Å². The zero-order chi connectivity index (χ0) is 73.9. The number of nitrogens with one attached hydrogen (secondary N) is 9. The van der Waals surface area contributed by atoms with Crippen LogP contribution in [-0.2, 0) is 103 Å². The Balaban J connectivity index is 1.14. The number of carbonyl (C=O) groups excluding carboxylic acids is 11. The Morgan fingerprint density at radius 2 is 1.55 bits per heavy atom. The van der Waals surface area contributed by atoms with Gasteiger partial charge in [0, 0.05) is 79.8 Å². The van der Waals surface area contributed by atoms with E-state index in [1.807, 2.05) is 0 Å². The van der Waals surface area contributed by atoms with E-state index < -0.39 is 212 Å². The summed E-state index contributed by atoms with van der Waals surface area (Å²) in [6, 6.07) is -4.10. The predicted molar refractivity (Wildman–Crippen MR) is 362 cm³/mol. The van der Waals surface area contributed by atoms with Crippen LogP contribution in [0.5, 0.6) is 5.75 Å². The molecule has 15 N–H and O–H groups in total. The standard InChI is InChI=1S/C64H96N14O21S2/c1-6-35(2)43-24-40(80)28-69-57(87)38-22-44-42-9-10-51(96-5)45(33-100-20-8-7-11-66-64(94)67-12-14-97-16-18-99-19-17-98-15-13-77-30-39(75-76-77)27-68-53(85)21-36(3)63(92)93)56(42)74-61(44)101(95)34-47(71-54(86)29-70-58(43)88)59(89)72-46(26-52(65)84)62(91)78-31-41(81)25-48(78)60(90)73-55(49(82)23-38)37(4)50(83)32-79/h9-10,30,35-38,41,43,46-48,50,55,74,79,81,83H,6-8,11-29,31-34H2,1-5H3,(H2,65,84)(H,68,85)(H,69,87)(H,70,88)(H,71,86)(H,72,89)(H,73,90)(H,92,93)(H2,66,67,94)/t35-,36?,37-,38+,41+,43-,46-,47-,48-,50-,55-,101?/m0/s1. The molecule has 37 heteroatoms. The van der Waals surface area contributed by atoms with Crippen molar-refractivity contribution in [3.8, 4) is 5.75 Å². The molecule has 3 aromatic rings. The summed E-state index contributed by atoms with van der Waals surface area (Å²) in [6.07, 6.45) is -2.70. The third-order valence-electron chi connectivity index (χ3n) is 17.6. The van der Waals surface area contributed by atoms with Gasteiger partial charge in [0.1, 0.15) is 34.6 Å². The van der Waals surface area contributed by atoms with Gasteiger partial charge in [-0.05, 0) is 48.6 Å². The summed E-state index contributed by atoms with van der Waals surface area (Å²) in [5, 5.41) is 70.1. The molecule has 0 radical (unpaired) electrons. The van der Waals surface area contributed by atoms with Gasteiger partial charge in [-0.15, -0.1) is 5.10 Å². The largest absolute Gasteiger partial charge is 0.496 e. The third kappa shape index (κ3) is 25.1. The van der Waals surface area contributed by atoms with E-state index in [-0.39, 0.29) is 49.1 Å². The number of thioether (sulfide) groups is 1. The minimum atomic E-state index is -2.42. The van der Waals surface area contributed by atoms with Gasteiger partial charge in [-0.2, -0.15) is 11.8 Å². The number of aromatic nitrogens is 4. The molecule has 3 aliphatic heterocycles. The quantitative estimate of drug-likeness (QED) is 0.0276. The number of nitrogens with zero attached hydrogens (tertiary/aromatic N) is 4. The van der Waals surface area contributed by atoms with E-state index in [1.54, 1.807) is 36.9 Å². The number of ether oxygens (including phenoxy) is 4. The van der Waals surface area contributed by atoms with E-state index in [0.29, 0.717) is 92.4 Å². The number of carboxylic acids is 1. The van der Waals surface area contributed by atoms with E-state index in [1.165, 1.54) is 32.7 Å². The molecule has 2 aromatic heterocycles. The lowest BCUT2D eigenvalue weighted by molar-refractivity contribution is -0.144. The number of fused-ring (bicyclic) bond motifs is 5. The smallest absolute Gasteiger partial charge is 0.314 e. The first-order chi connectivity index (χ1) is 48.2. The van der Waals surface area contributed by atoms with Crippen molar-refractivity contribution in [2.24, 2.45) is 35.3 Å². The maximum atomic E-state index is 15.4. The second-order valence-corrected chi connectivity index (χ2v) is 27.7. The first kappa shape index (κ1) is 81.8. The number of aliphatic hydroxyl groups is 3. The lowest BCUT2D eigenvalue weighted by Crippen LogP contribution is -2.60. The Morgan fingerprint density at radius 1 is 0.851 bits per heavy atom. The van der Waals surface area contributed by atoms with Gasteiger partial charge in [-0.3, -0.25) is 56.9 Å². The first-order valence-electron chi connectivity index (χ1n) is 33.6. The van der Waals surface area contributed by atoms with Crippen molar-refractivity contribution < 1.29 is 101 Å². The fourth-order valence-corrected chi connectivity index (χ4v) is 14.0. The number of carboxylic acid groups (broad SMARTS) is 1. The second kappa shape index (κ2) is 41.0. The molecule has 560 valence electrons. The molecule has 2 bridgehead atoms. The first-order valence-corrected chi connectivity index (χ1v) is 36.1. The zero-order valence-electron chi connectivity index (χ0n) is 57.4. The summed E-state index contributed by atoms with van der Waals surface area (Å²) in [5.74, 6) is -14.4. The summed E-state index contributed by atoms with van der Waals surface area (Å²) in [7, 11) is -0.982. The van der Waals surface area contributed by atoms with Crippen molar-refractivity contribution in [3.05, 3.63) is 35.2 Å². The highest BCUT2D eigenvalue weighted by molar-refractivity contribution is 7.98. The molecule has 5 heterocycles. The van der Waals surface area contributed by atoms with Crippen LogP contribution in [0.1, 0.15) is 95.9 Å². The number of aliphatic carboxylic acids is 1. The van der Waals surface area contributed by atoms with E-state index >= 15 is 9.00 Å². The number of carbonyl (C=O) groups is 12. The third-order valence-corrected chi connectivity index (χ3v) is 20.1.